The number of anilines is 3. The number of benzene rings is 3. The summed E-state index contributed by atoms with van der Waals surface area (Å²) in [4.78, 5) is 65.5. The topological polar surface area (TPSA) is 157 Å². The number of rotatable bonds is 7. The van der Waals surface area contributed by atoms with Gasteiger partial charge < -0.3 is 25.4 Å². The van der Waals surface area contributed by atoms with Gasteiger partial charge in [-0.15, -0.1) is 0 Å². The quantitative estimate of drug-likeness (QED) is 0.290. The maximum Gasteiger partial charge on any atom is 0.412 e. The van der Waals surface area contributed by atoms with Crippen molar-refractivity contribution < 1.29 is 33.8 Å². The molecule has 0 bridgehead atoms. The highest BCUT2D eigenvalue weighted by Gasteiger charge is 2.47. The number of halogens is 1. The van der Waals surface area contributed by atoms with E-state index in [0.717, 1.165) is 10.5 Å². The van der Waals surface area contributed by atoms with E-state index in [2.05, 4.69) is 16.0 Å². The number of hydrogen-bond donors (Lipinski definition) is 4. The number of nitrogens with one attached hydrogen (secondary N) is 3. The molecule has 0 radical (unpaired) electrons. The summed E-state index contributed by atoms with van der Waals surface area (Å²) >= 11 is 6.30. The molecule has 5 rings (SSSR count). The predicted octanol–water partition coefficient (Wildman–Crippen LogP) is 4.83. The van der Waals surface area contributed by atoms with Gasteiger partial charge in [0, 0.05) is 54.5 Å². The van der Waals surface area contributed by atoms with Gasteiger partial charge in [-0.25, -0.2) is 9.59 Å². The third-order valence-corrected chi connectivity index (χ3v) is 8.12. The lowest BCUT2D eigenvalue weighted by atomic mass is 9.83. The fourth-order valence-electron chi connectivity index (χ4n) is 5.66. The zero-order valence-electron chi connectivity index (χ0n) is 24.6. The predicted molar refractivity (Wildman–Crippen MR) is 168 cm³/mol. The third kappa shape index (κ3) is 7.01. The van der Waals surface area contributed by atoms with E-state index in [-0.39, 0.29) is 30.3 Å². The van der Waals surface area contributed by atoms with Crippen LogP contribution in [0.2, 0.25) is 5.02 Å². The first-order chi connectivity index (χ1) is 21.4. The van der Waals surface area contributed by atoms with Crippen LogP contribution in [-0.2, 0) is 26.3 Å². The third-order valence-electron chi connectivity index (χ3n) is 7.89. The van der Waals surface area contributed by atoms with Crippen LogP contribution in [0.15, 0.2) is 66.7 Å². The Bertz CT molecular complexity index is 1650. The van der Waals surface area contributed by atoms with Gasteiger partial charge in [-0.05, 0) is 73.0 Å². The molecular weight excluding hydrogens is 602 g/mol. The van der Waals surface area contributed by atoms with Crippen LogP contribution < -0.4 is 20.9 Å². The zero-order chi connectivity index (χ0) is 32.3. The van der Waals surface area contributed by atoms with Crippen molar-refractivity contribution in [2.24, 2.45) is 0 Å². The largest absolute Gasteiger partial charge is 0.465 e. The van der Waals surface area contributed by atoms with Crippen LogP contribution in [0, 0.1) is 0 Å². The molecule has 1 fully saturated rings. The fourth-order valence-corrected chi connectivity index (χ4v) is 5.83. The second-order valence-corrected chi connectivity index (χ2v) is 11.5. The first-order valence-corrected chi connectivity index (χ1v) is 14.6. The number of carbonyl (C=O) groups is 5. The van der Waals surface area contributed by atoms with Crippen LogP contribution in [0.1, 0.15) is 41.3 Å². The number of fused-ring (bicyclic) bond motifs is 2. The van der Waals surface area contributed by atoms with E-state index < -0.39 is 29.7 Å². The highest BCUT2D eigenvalue weighted by atomic mass is 35.5. The molecule has 13 heteroatoms. The van der Waals surface area contributed by atoms with Crippen LogP contribution in [0.4, 0.5) is 26.7 Å². The second-order valence-electron chi connectivity index (χ2n) is 11.1. The Balaban J connectivity index is 1.41. The number of amides is 5. The number of piperidine rings is 1. The summed E-state index contributed by atoms with van der Waals surface area (Å²) in [5.41, 5.74) is 2.06. The Hall–Kier alpha value is -5.10. The van der Waals surface area contributed by atoms with Crippen LogP contribution in [-0.4, -0.2) is 66.1 Å². The van der Waals surface area contributed by atoms with Gasteiger partial charge in [0.2, 0.25) is 11.8 Å². The molecule has 2 aliphatic rings. The maximum atomic E-state index is 14.2. The van der Waals surface area contributed by atoms with Gasteiger partial charge in [0.25, 0.3) is 5.91 Å². The summed E-state index contributed by atoms with van der Waals surface area (Å²) < 4.78 is 5.85. The van der Waals surface area contributed by atoms with Crippen LogP contribution in [0.5, 0.6) is 0 Å². The van der Waals surface area contributed by atoms with Gasteiger partial charge >= 0.3 is 12.2 Å². The Morgan fingerprint density at radius 3 is 2.47 bits per heavy atom. The summed E-state index contributed by atoms with van der Waals surface area (Å²) in [5.74, 6) is -1.11. The standard InChI is InChI=1S/C32H32ClN5O7/c1-19(39)34-23-9-4-20(5-10-23)16-27(35-28(40)21-6-11-24(12-7-21)37(2)31(43)44)29(41)38-15-3-14-32(18-38)25-17-22(33)8-13-26(25)36-30(42)45-32/h4-13,17,27H,3,14-16,18H2,1-2H3,(H,34,39)(H,35,40)(H,36,42)(H,43,44)/t27-,32-/m0/s1. The van der Waals surface area contributed by atoms with E-state index in [9.17, 15) is 29.1 Å². The van der Waals surface area contributed by atoms with Gasteiger partial charge in [-0.2, -0.15) is 0 Å². The van der Waals surface area contributed by atoms with Gasteiger partial charge in [-0.1, -0.05) is 23.7 Å². The number of hydrogen-bond acceptors (Lipinski definition) is 6. The van der Waals surface area contributed by atoms with E-state index in [1.165, 1.54) is 38.2 Å². The molecule has 0 saturated carbocycles. The van der Waals surface area contributed by atoms with Crippen LogP contribution >= 0.6 is 11.6 Å². The highest BCUT2D eigenvalue weighted by Crippen LogP contribution is 2.43. The Kier molecular flexibility index (Phi) is 8.96. The highest BCUT2D eigenvalue weighted by molar-refractivity contribution is 6.30. The molecule has 234 valence electrons. The number of ether oxygens (including phenoxy) is 1. The molecule has 1 saturated heterocycles. The van der Waals surface area contributed by atoms with E-state index in [0.29, 0.717) is 47.0 Å². The van der Waals surface area contributed by atoms with Crippen molar-refractivity contribution in [3.8, 4) is 0 Å². The first-order valence-electron chi connectivity index (χ1n) is 14.3. The first kappa shape index (κ1) is 31.3. The number of carboxylic acid groups (broad SMARTS) is 1. The average molecular weight is 634 g/mol. The van der Waals surface area contributed by atoms with Gasteiger partial charge in [0.05, 0.1) is 12.2 Å². The summed E-state index contributed by atoms with van der Waals surface area (Å²) in [7, 11) is 1.39. The number of likely N-dealkylation sites (tertiary alicyclic amines) is 1. The lowest BCUT2D eigenvalue weighted by Crippen LogP contribution is -2.57. The molecule has 12 nitrogen and oxygen atoms in total. The van der Waals surface area contributed by atoms with Gasteiger partial charge in [-0.3, -0.25) is 24.6 Å². The molecule has 2 aliphatic heterocycles. The van der Waals surface area contributed by atoms with Gasteiger partial charge in [0.1, 0.15) is 6.04 Å². The minimum atomic E-state index is -1.15. The van der Waals surface area contributed by atoms with Crippen molar-refractivity contribution in [1.29, 1.82) is 0 Å². The molecule has 2 heterocycles. The van der Waals surface area contributed by atoms with Crippen molar-refractivity contribution in [1.82, 2.24) is 10.2 Å². The van der Waals surface area contributed by atoms with E-state index in [1.54, 1.807) is 47.4 Å². The summed E-state index contributed by atoms with van der Waals surface area (Å²) in [6.45, 7) is 1.85. The zero-order valence-corrected chi connectivity index (χ0v) is 25.4. The molecular formula is C32H32ClN5O7. The van der Waals surface area contributed by atoms with Crippen molar-refractivity contribution in [3.63, 3.8) is 0 Å². The normalized spacial score (nSPS) is 17.8. The molecule has 3 aromatic rings. The number of nitrogens with zero attached hydrogens (tertiary/aromatic N) is 2. The van der Waals surface area contributed by atoms with Crippen LogP contribution in [0.25, 0.3) is 0 Å². The molecule has 4 N–H and O–H groups in total. The number of carbonyl (C=O) groups excluding carboxylic acids is 4. The molecule has 0 unspecified atom stereocenters. The molecule has 3 aromatic carbocycles. The summed E-state index contributed by atoms with van der Waals surface area (Å²) in [6, 6.07) is 17.0. The van der Waals surface area contributed by atoms with Crippen LogP contribution in [0.3, 0.4) is 0 Å². The minimum absolute atomic E-state index is 0.0661. The molecule has 5 amide bonds. The van der Waals surface area contributed by atoms with E-state index >= 15 is 0 Å². The monoisotopic (exact) mass is 633 g/mol. The maximum absolute atomic E-state index is 14.2. The van der Waals surface area contributed by atoms with E-state index in [1.807, 2.05) is 0 Å². The molecule has 2 atom stereocenters. The minimum Gasteiger partial charge on any atom is -0.465 e. The lowest BCUT2D eigenvalue weighted by Gasteiger charge is -2.45. The van der Waals surface area contributed by atoms with Crippen molar-refractivity contribution in [2.75, 3.05) is 35.7 Å². The fraction of sp³-hybridized carbons (Fsp3) is 0.281. The average Bonchev–Trinajstić information content (AvgIpc) is 3.01. The Morgan fingerprint density at radius 1 is 1.09 bits per heavy atom. The summed E-state index contributed by atoms with van der Waals surface area (Å²) in [5, 5.41) is 18.0. The van der Waals surface area contributed by atoms with Crippen molar-refractivity contribution in [3.05, 3.63) is 88.4 Å². The molecule has 1 spiro atoms. The Labute approximate surface area is 264 Å². The van der Waals surface area contributed by atoms with Crippen molar-refractivity contribution >= 4 is 58.6 Å². The SMILES string of the molecule is CC(=O)Nc1ccc(C[C@H](NC(=O)c2ccc(N(C)C(=O)O)cc2)C(=O)N2CCC[C@@]3(C2)OC(=O)Nc2ccc(Cl)cc23)cc1. The van der Waals surface area contributed by atoms with Gasteiger partial charge in [0.15, 0.2) is 5.60 Å². The Morgan fingerprint density at radius 2 is 1.80 bits per heavy atom. The smallest absolute Gasteiger partial charge is 0.412 e. The molecule has 45 heavy (non-hydrogen) atoms. The van der Waals surface area contributed by atoms with E-state index in [4.69, 9.17) is 16.3 Å². The summed E-state index contributed by atoms with van der Waals surface area (Å²) in [6.07, 6.45) is -0.615. The molecule has 0 aliphatic carbocycles. The lowest BCUT2D eigenvalue weighted by molar-refractivity contribution is -0.141. The second kappa shape index (κ2) is 12.9. The van der Waals surface area contributed by atoms with Crippen molar-refractivity contribution in [2.45, 2.75) is 37.8 Å². The molecule has 0 aromatic heterocycles.